The van der Waals surface area contributed by atoms with Gasteiger partial charge in [0.05, 0.1) is 11.0 Å². The van der Waals surface area contributed by atoms with Crippen molar-refractivity contribution in [2.45, 2.75) is 19.8 Å². The molecule has 4 rings (SSSR count). The number of aromatic amines is 1. The summed E-state index contributed by atoms with van der Waals surface area (Å²) in [6.45, 7) is 4.24. The van der Waals surface area contributed by atoms with Gasteiger partial charge in [-0.2, -0.15) is 0 Å². The van der Waals surface area contributed by atoms with Crippen LogP contribution in [0.4, 0.5) is 5.69 Å². The van der Waals surface area contributed by atoms with E-state index in [0.717, 1.165) is 28.1 Å². The molecule has 0 radical (unpaired) electrons. The number of carbonyl (C=O) groups is 1. The third-order valence-electron chi connectivity index (χ3n) is 4.87. The summed E-state index contributed by atoms with van der Waals surface area (Å²) in [5.41, 5.74) is 5.45. The molecule has 5 nitrogen and oxygen atoms in total. The molecule has 0 bridgehead atoms. The Kier molecular flexibility index (Phi) is 5.59. The second-order valence-electron chi connectivity index (χ2n) is 7.36. The third-order valence-corrected chi connectivity index (χ3v) is 5.08. The lowest BCUT2D eigenvalue weighted by molar-refractivity contribution is 0.0977. The van der Waals surface area contributed by atoms with Gasteiger partial charge in [0.1, 0.15) is 5.82 Å². The molecule has 30 heavy (non-hydrogen) atoms. The van der Waals surface area contributed by atoms with Crippen molar-refractivity contribution < 1.29 is 4.79 Å². The number of benzene rings is 3. The molecule has 0 spiro atoms. The lowest BCUT2D eigenvalue weighted by Gasteiger charge is -2.11. The molecular formula is C24H22N4OS. The van der Waals surface area contributed by atoms with Crippen molar-refractivity contribution in [3.05, 3.63) is 83.9 Å². The molecule has 150 valence electrons. The summed E-state index contributed by atoms with van der Waals surface area (Å²) in [4.78, 5) is 20.3. The maximum atomic E-state index is 12.4. The standard InChI is InChI=1S/C24H22N4OS/c1-15(2)16-7-9-18(10-8-16)23(29)28-24(30)25-19-13-11-17(12-14-19)22-26-20-5-3-4-6-21(20)27-22/h3-15H,1-2H3,(H,26,27)(H2,25,28,29,30). The van der Waals surface area contributed by atoms with Gasteiger partial charge in [-0.15, -0.1) is 0 Å². The molecule has 0 saturated carbocycles. The van der Waals surface area contributed by atoms with E-state index in [9.17, 15) is 4.79 Å². The number of hydrogen-bond acceptors (Lipinski definition) is 3. The molecule has 0 saturated heterocycles. The fourth-order valence-corrected chi connectivity index (χ4v) is 3.37. The molecule has 0 aliphatic rings. The fraction of sp³-hybridized carbons (Fsp3) is 0.125. The number of imidazole rings is 1. The van der Waals surface area contributed by atoms with E-state index in [-0.39, 0.29) is 11.0 Å². The van der Waals surface area contributed by atoms with Gasteiger partial charge in [-0.3, -0.25) is 10.1 Å². The van der Waals surface area contributed by atoms with Crippen LogP contribution in [-0.4, -0.2) is 21.0 Å². The number of para-hydroxylation sites is 2. The Hall–Kier alpha value is -3.51. The first-order valence-corrected chi connectivity index (χ1v) is 10.2. The first-order chi connectivity index (χ1) is 14.5. The average molecular weight is 415 g/mol. The second kappa shape index (κ2) is 8.47. The average Bonchev–Trinajstić information content (AvgIpc) is 3.18. The van der Waals surface area contributed by atoms with Gasteiger partial charge < -0.3 is 10.3 Å². The van der Waals surface area contributed by atoms with Crippen LogP contribution in [0.5, 0.6) is 0 Å². The largest absolute Gasteiger partial charge is 0.338 e. The molecule has 0 aliphatic heterocycles. The van der Waals surface area contributed by atoms with Crippen LogP contribution in [0.2, 0.25) is 0 Å². The second-order valence-corrected chi connectivity index (χ2v) is 7.77. The Morgan fingerprint density at radius 3 is 2.33 bits per heavy atom. The maximum absolute atomic E-state index is 12.4. The Labute approximate surface area is 180 Å². The van der Waals surface area contributed by atoms with Gasteiger partial charge in [0, 0.05) is 16.8 Å². The molecule has 3 aromatic carbocycles. The molecule has 0 fully saturated rings. The highest BCUT2D eigenvalue weighted by Gasteiger charge is 2.10. The number of thiocarbonyl (C=S) groups is 1. The van der Waals surface area contributed by atoms with Crippen LogP contribution in [0, 0.1) is 0 Å². The van der Waals surface area contributed by atoms with Gasteiger partial charge in [0.15, 0.2) is 5.11 Å². The highest BCUT2D eigenvalue weighted by atomic mass is 32.1. The Balaban J connectivity index is 1.39. The molecule has 1 aromatic heterocycles. The Morgan fingerprint density at radius 2 is 1.67 bits per heavy atom. The zero-order chi connectivity index (χ0) is 21.1. The highest BCUT2D eigenvalue weighted by molar-refractivity contribution is 7.80. The van der Waals surface area contributed by atoms with Crippen molar-refractivity contribution in [1.82, 2.24) is 15.3 Å². The van der Waals surface area contributed by atoms with Crippen LogP contribution < -0.4 is 10.6 Å². The molecule has 6 heteroatoms. The summed E-state index contributed by atoms with van der Waals surface area (Å²) in [5, 5.41) is 6.02. The molecular weight excluding hydrogens is 392 g/mol. The summed E-state index contributed by atoms with van der Waals surface area (Å²) < 4.78 is 0. The number of rotatable bonds is 4. The van der Waals surface area contributed by atoms with Crippen molar-refractivity contribution >= 4 is 40.0 Å². The van der Waals surface area contributed by atoms with E-state index in [1.54, 1.807) is 0 Å². The van der Waals surface area contributed by atoms with Gasteiger partial charge in [-0.05, 0) is 72.2 Å². The lowest BCUT2D eigenvalue weighted by atomic mass is 10.0. The van der Waals surface area contributed by atoms with Crippen molar-refractivity contribution in [2.75, 3.05) is 5.32 Å². The lowest BCUT2D eigenvalue weighted by Crippen LogP contribution is -2.34. The quantitative estimate of drug-likeness (QED) is 0.387. The van der Waals surface area contributed by atoms with E-state index >= 15 is 0 Å². The Bertz CT molecular complexity index is 1160. The first-order valence-electron chi connectivity index (χ1n) is 9.77. The highest BCUT2D eigenvalue weighted by Crippen LogP contribution is 2.22. The topological polar surface area (TPSA) is 69.8 Å². The zero-order valence-electron chi connectivity index (χ0n) is 16.8. The van der Waals surface area contributed by atoms with Gasteiger partial charge in [-0.25, -0.2) is 4.98 Å². The van der Waals surface area contributed by atoms with Gasteiger partial charge in [0.25, 0.3) is 5.91 Å². The molecule has 0 atom stereocenters. The number of amides is 1. The monoisotopic (exact) mass is 414 g/mol. The van der Waals surface area contributed by atoms with E-state index in [1.807, 2.05) is 72.8 Å². The molecule has 0 unspecified atom stereocenters. The number of carbonyl (C=O) groups excluding carboxylic acids is 1. The number of H-pyrrole nitrogens is 1. The van der Waals surface area contributed by atoms with Crippen LogP contribution in [0.3, 0.4) is 0 Å². The summed E-state index contributed by atoms with van der Waals surface area (Å²) in [6.07, 6.45) is 0. The number of anilines is 1. The van der Waals surface area contributed by atoms with Crippen LogP contribution >= 0.6 is 12.2 Å². The molecule has 1 heterocycles. The minimum Gasteiger partial charge on any atom is -0.338 e. The first kappa shape index (κ1) is 19.8. The maximum Gasteiger partial charge on any atom is 0.257 e. The summed E-state index contributed by atoms with van der Waals surface area (Å²) >= 11 is 5.29. The van der Waals surface area contributed by atoms with E-state index in [1.165, 1.54) is 5.56 Å². The van der Waals surface area contributed by atoms with Gasteiger partial charge >= 0.3 is 0 Å². The number of fused-ring (bicyclic) bond motifs is 1. The van der Waals surface area contributed by atoms with Crippen LogP contribution in [0.15, 0.2) is 72.8 Å². The smallest absolute Gasteiger partial charge is 0.257 e. The molecule has 4 aromatic rings. The number of nitrogens with one attached hydrogen (secondary N) is 3. The zero-order valence-corrected chi connectivity index (χ0v) is 17.6. The predicted molar refractivity (Wildman–Crippen MR) is 126 cm³/mol. The summed E-state index contributed by atoms with van der Waals surface area (Å²) in [5.74, 6) is 0.998. The van der Waals surface area contributed by atoms with E-state index in [0.29, 0.717) is 11.5 Å². The predicted octanol–water partition coefficient (Wildman–Crippen LogP) is 5.48. The number of aromatic nitrogens is 2. The van der Waals surface area contributed by atoms with Gasteiger partial charge in [-0.1, -0.05) is 38.1 Å². The molecule has 3 N–H and O–H groups in total. The van der Waals surface area contributed by atoms with Crippen LogP contribution in [0.1, 0.15) is 35.7 Å². The third kappa shape index (κ3) is 4.39. The van der Waals surface area contributed by atoms with Crippen molar-refractivity contribution in [1.29, 1.82) is 0 Å². The number of hydrogen-bond donors (Lipinski definition) is 3. The normalized spacial score (nSPS) is 10.9. The van der Waals surface area contributed by atoms with Crippen LogP contribution in [-0.2, 0) is 0 Å². The minimum atomic E-state index is -0.235. The van der Waals surface area contributed by atoms with Crippen molar-refractivity contribution in [2.24, 2.45) is 0 Å². The van der Waals surface area contributed by atoms with Crippen molar-refractivity contribution in [3.63, 3.8) is 0 Å². The van der Waals surface area contributed by atoms with E-state index in [4.69, 9.17) is 12.2 Å². The van der Waals surface area contributed by atoms with Crippen LogP contribution in [0.25, 0.3) is 22.4 Å². The molecule has 0 aliphatic carbocycles. The fourth-order valence-electron chi connectivity index (χ4n) is 3.16. The van der Waals surface area contributed by atoms with E-state index < -0.39 is 0 Å². The van der Waals surface area contributed by atoms with Gasteiger partial charge in [0.2, 0.25) is 0 Å². The summed E-state index contributed by atoms with van der Waals surface area (Å²) in [7, 11) is 0. The Morgan fingerprint density at radius 1 is 0.967 bits per heavy atom. The summed E-state index contributed by atoms with van der Waals surface area (Å²) in [6, 6.07) is 23.2. The minimum absolute atomic E-state index is 0.235. The van der Waals surface area contributed by atoms with E-state index in [2.05, 4.69) is 34.4 Å². The van der Waals surface area contributed by atoms with Crippen molar-refractivity contribution in [3.8, 4) is 11.4 Å². The number of nitrogens with zero attached hydrogens (tertiary/aromatic N) is 1. The SMILES string of the molecule is CC(C)c1ccc(C(=O)NC(=S)Nc2ccc(-c3nc4ccccc4[nH]3)cc2)cc1. The molecule has 1 amide bonds.